The highest BCUT2D eigenvalue weighted by molar-refractivity contribution is 7.90. The Labute approximate surface area is 154 Å². The largest absolute Gasteiger partial charge is 0.610 e. The van der Waals surface area contributed by atoms with Crippen molar-refractivity contribution in [3.8, 4) is 28.3 Å². The number of carboxylic acid groups (broad SMARTS) is 1. The monoisotopic (exact) mass is 364 g/mol. The van der Waals surface area contributed by atoms with Gasteiger partial charge in [0.2, 0.25) is 5.03 Å². The van der Waals surface area contributed by atoms with Crippen LogP contribution in [0.25, 0.3) is 22.3 Å². The first-order valence-corrected chi connectivity index (χ1v) is 9.36. The average molecular weight is 364 g/mol. The van der Waals surface area contributed by atoms with E-state index in [9.17, 15) is 19.7 Å². The van der Waals surface area contributed by atoms with Crippen LogP contribution in [0.15, 0.2) is 59.6 Å². The van der Waals surface area contributed by atoms with E-state index in [1.54, 1.807) is 12.1 Å². The van der Waals surface area contributed by atoms with Crippen LogP contribution in [-0.4, -0.2) is 26.5 Å². The van der Waals surface area contributed by atoms with Crippen molar-refractivity contribution in [3.05, 3.63) is 65.9 Å². The van der Waals surface area contributed by atoms with Gasteiger partial charge in [0.05, 0.1) is 0 Å². The number of aromatic carboxylic acids is 1. The molecule has 0 saturated heterocycles. The lowest BCUT2D eigenvalue weighted by molar-refractivity contribution is 0.0686. The van der Waals surface area contributed by atoms with Gasteiger partial charge in [-0.15, -0.1) is 0 Å². The van der Waals surface area contributed by atoms with Gasteiger partial charge >= 0.3 is 5.97 Å². The van der Waals surface area contributed by atoms with Gasteiger partial charge in [0.25, 0.3) is 0 Å². The number of hydrogen-bond donors (Lipinski definition) is 1. The molecule has 6 heteroatoms. The molecule has 0 aliphatic rings. The second-order valence-electron chi connectivity index (χ2n) is 5.78. The molecule has 26 heavy (non-hydrogen) atoms. The molecule has 0 fully saturated rings. The molecule has 3 aromatic rings. The first-order chi connectivity index (χ1) is 12.5. The first-order valence-electron chi connectivity index (χ1n) is 7.81. The zero-order chi connectivity index (χ0) is 18.8. The molecule has 1 aromatic heterocycles. The Hall–Kier alpha value is -3.01. The Morgan fingerprint density at radius 1 is 1.08 bits per heavy atom. The van der Waals surface area contributed by atoms with E-state index in [1.165, 1.54) is 17.9 Å². The number of hydrogen-bond acceptors (Lipinski definition) is 3. The van der Waals surface area contributed by atoms with Crippen LogP contribution >= 0.6 is 0 Å². The highest BCUT2D eigenvalue weighted by Crippen LogP contribution is 2.35. The lowest BCUT2D eigenvalue weighted by Gasteiger charge is -2.06. The van der Waals surface area contributed by atoms with E-state index in [1.807, 2.05) is 48.5 Å². The average Bonchev–Trinajstić information content (AvgIpc) is 2.95. The van der Waals surface area contributed by atoms with Crippen molar-refractivity contribution in [1.29, 1.82) is 5.26 Å². The van der Waals surface area contributed by atoms with Crippen LogP contribution in [0.5, 0.6) is 0 Å². The molecule has 0 radical (unpaired) electrons. The van der Waals surface area contributed by atoms with Gasteiger partial charge in [-0.05, 0) is 16.7 Å². The maximum Gasteiger partial charge on any atom is 0.353 e. The summed E-state index contributed by atoms with van der Waals surface area (Å²) < 4.78 is 13.4. The molecule has 1 N–H and O–H groups in total. The van der Waals surface area contributed by atoms with Crippen LogP contribution < -0.4 is 0 Å². The van der Waals surface area contributed by atoms with Crippen LogP contribution in [0.3, 0.4) is 0 Å². The molecule has 1 unspecified atom stereocenters. The van der Waals surface area contributed by atoms with Crippen LogP contribution in [0.1, 0.15) is 16.1 Å². The van der Waals surface area contributed by atoms with Gasteiger partial charge in [-0.25, -0.2) is 4.79 Å². The van der Waals surface area contributed by atoms with Crippen LogP contribution in [0, 0.1) is 11.3 Å². The summed E-state index contributed by atoms with van der Waals surface area (Å²) in [7, 11) is 1.52. The molecule has 1 atom stereocenters. The number of rotatable bonds is 4. The second-order valence-corrected chi connectivity index (χ2v) is 7.07. The third-order valence-corrected chi connectivity index (χ3v) is 5.23. The fourth-order valence-corrected chi connectivity index (χ4v) is 4.01. The molecule has 3 rings (SSSR count). The minimum Gasteiger partial charge on any atom is -0.610 e. The van der Waals surface area contributed by atoms with Gasteiger partial charge in [0, 0.05) is 23.8 Å². The van der Waals surface area contributed by atoms with E-state index < -0.39 is 17.1 Å². The zero-order valence-electron chi connectivity index (χ0n) is 14.3. The van der Waals surface area contributed by atoms with E-state index >= 15 is 0 Å². The van der Waals surface area contributed by atoms with Crippen molar-refractivity contribution < 1.29 is 14.5 Å². The van der Waals surface area contributed by atoms with Crippen molar-refractivity contribution in [2.45, 2.75) is 5.03 Å². The molecule has 0 amide bonds. The maximum atomic E-state index is 12.1. The fourth-order valence-electron chi connectivity index (χ4n) is 3.09. The molecular formula is C20H16N2O3S. The molecule has 0 saturated carbocycles. The highest BCUT2D eigenvalue weighted by atomic mass is 32.2. The van der Waals surface area contributed by atoms with Crippen molar-refractivity contribution in [2.24, 2.45) is 7.05 Å². The third kappa shape index (κ3) is 2.99. The van der Waals surface area contributed by atoms with Crippen molar-refractivity contribution in [3.63, 3.8) is 0 Å². The second kappa shape index (κ2) is 7.08. The summed E-state index contributed by atoms with van der Waals surface area (Å²) in [6.07, 6.45) is 1.43. The number of nitriles is 1. The number of carboxylic acids is 1. The molecule has 5 nitrogen and oxygen atoms in total. The van der Waals surface area contributed by atoms with Crippen LogP contribution in [0.4, 0.5) is 0 Å². The van der Waals surface area contributed by atoms with E-state index in [0.717, 1.165) is 11.1 Å². The molecular weight excluding hydrogens is 348 g/mol. The Balaban J connectivity index is 2.19. The third-order valence-electron chi connectivity index (χ3n) is 4.21. The van der Waals surface area contributed by atoms with Gasteiger partial charge in [-0.2, -0.15) is 5.26 Å². The highest BCUT2D eigenvalue weighted by Gasteiger charge is 2.31. The van der Waals surface area contributed by atoms with Gasteiger partial charge in [0.1, 0.15) is 23.6 Å². The van der Waals surface area contributed by atoms with Crippen LogP contribution in [0.2, 0.25) is 0 Å². The van der Waals surface area contributed by atoms with E-state index in [2.05, 4.69) is 0 Å². The summed E-state index contributed by atoms with van der Waals surface area (Å²) in [5, 5.41) is 19.4. The Morgan fingerprint density at radius 2 is 1.62 bits per heavy atom. The zero-order valence-corrected chi connectivity index (χ0v) is 15.1. The smallest absolute Gasteiger partial charge is 0.353 e. The normalized spacial score (nSPS) is 11.8. The Morgan fingerprint density at radius 3 is 2.12 bits per heavy atom. The predicted octanol–water partition coefficient (Wildman–Crippen LogP) is 3.67. The van der Waals surface area contributed by atoms with Gasteiger partial charge in [0.15, 0.2) is 0 Å². The lowest BCUT2D eigenvalue weighted by Crippen LogP contribution is -2.11. The summed E-state index contributed by atoms with van der Waals surface area (Å²) >= 11 is -1.49. The molecule has 0 aliphatic heterocycles. The molecule has 2 aromatic carbocycles. The van der Waals surface area contributed by atoms with Gasteiger partial charge < -0.3 is 9.66 Å². The van der Waals surface area contributed by atoms with Crippen molar-refractivity contribution in [1.82, 2.24) is 4.57 Å². The molecule has 130 valence electrons. The number of carbonyl (C=O) groups is 1. The minimum atomic E-state index is -1.49. The Bertz CT molecular complexity index is 1000. The van der Waals surface area contributed by atoms with Crippen molar-refractivity contribution >= 4 is 17.1 Å². The van der Waals surface area contributed by atoms with Gasteiger partial charge in [-0.3, -0.25) is 4.57 Å². The predicted molar refractivity (Wildman–Crippen MR) is 100 cm³/mol. The van der Waals surface area contributed by atoms with E-state index in [0.29, 0.717) is 11.1 Å². The first kappa shape index (κ1) is 17.8. The number of aromatic nitrogens is 1. The SMILES string of the molecule is Cn1c(C(=O)O)c(-c2ccc(-c3ccccc3)cc2)c(C#N)c1[S+](C)[O-]. The quantitative estimate of drug-likeness (QED) is 0.715. The standard InChI is InChI=1S/C20H16N2O3S/c1-22-18(20(23)24)17(16(12-21)19(22)26(2)25)15-10-8-14(9-11-15)13-6-4-3-5-7-13/h3-11H,1-2H3,(H,23,24). The topological polar surface area (TPSA) is 89.1 Å². The minimum absolute atomic E-state index is 0.0424. The fraction of sp³-hybridized carbons (Fsp3) is 0.100. The van der Waals surface area contributed by atoms with Crippen LogP contribution in [-0.2, 0) is 18.2 Å². The maximum absolute atomic E-state index is 12.1. The van der Waals surface area contributed by atoms with E-state index in [4.69, 9.17) is 0 Å². The Kier molecular flexibility index (Phi) is 4.85. The summed E-state index contributed by atoms with van der Waals surface area (Å²) in [5.74, 6) is -1.16. The number of benzene rings is 2. The molecule has 1 heterocycles. The van der Waals surface area contributed by atoms with Gasteiger partial charge in [-0.1, -0.05) is 54.6 Å². The van der Waals surface area contributed by atoms with Crippen molar-refractivity contribution in [2.75, 3.05) is 6.26 Å². The number of nitrogens with zero attached hydrogens (tertiary/aromatic N) is 2. The summed E-state index contributed by atoms with van der Waals surface area (Å²) in [6.45, 7) is 0. The molecule has 0 spiro atoms. The lowest BCUT2D eigenvalue weighted by atomic mass is 9.98. The summed E-state index contributed by atoms with van der Waals surface area (Å²) in [6, 6.07) is 19.2. The molecule has 0 bridgehead atoms. The van der Waals surface area contributed by atoms with E-state index in [-0.39, 0.29) is 16.3 Å². The summed E-state index contributed by atoms with van der Waals surface area (Å²) in [5.41, 5.74) is 3.03. The molecule has 0 aliphatic carbocycles. The summed E-state index contributed by atoms with van der Waals surface area (Å²) in [4.78, 5) is 11.8.